The number of nitrogens with one attached hydrogen (secondary N) is 1. The maximum Gasteiger partial charge on any atom is 0.0713 e. The Balaban J connectivity index is 1.95. The number of ether oxygens (including phenoxy) is 1. The summed E-state index contributed by atoms with van der Waals surface area (Å²) in [6, 6.07) is 17.0. The summed E-state index contributed by atoms with van der Waals surface area (Å²) in [6.07, 6.45) is 2.09. The highest BCUT2D eigenvalue weighted by Crippen LogP contribution is 2.18. The molecule has 0 bridgehead atoms. The van der Waals surface area contributed by atoms with Crippen LogP contribution in [0.25, 0.3) is 0 Å². The van der Waals surface area contributed by atoms with Gasteiger partial charge in [0.05, 0.1) is 6.61 Å². The molecule has 2 aromatic carbocycles. The molecule has 0 heterocycles. The van der Waals surface area contributed by atoms with Crippen LogP contribution in [-0.2, 0) is 17.9 Å². The Bertz CT molecular complexity index is 510. The number of hydrogen-bond acceptors (Lipinski definition) is 3. The fourth-order valence-electron chi connectivity index (χ4n) is 1.91. The highest BCUT2D eigenvalue weighted by atomic mass is 32.2. The predicted molar refractivity (Wildman–Crippen MR) is 82.7 cm³/mol. The van der Waals surface area contributed by atoms with Crippen molar-refractivity contribution < 1.29 is 4.74 Å². The second kappa shape index (κ2) is 7.22. The van der Waals surface area contributed by atoms with Crippen LogP contribution >= 0.6 is 11.8 Å². The normalized spacial score (nSPS) is 10.4. The first-order valence-electron chi connectivity index (χ1n) is 6.26. The molecule has 0 radical (unpaired) electrons. The summed E-state index contributed by atoms with van der Waals surface area (Å²) in [6.45, 7) is 1.49. The van der Waals surface area contributed by atoms with Gasteiger partial charge in [0.2, 0.25) is 0 Å². The fraction of sp³-hybridized carbons (Fsp3) is 0.250. The SMILES string of the molecule is COCc1cccc(CNc2ccc(SC)cc2)c1. The largest absolute Gasteiger partial charge is 0.381 e. The average molecular weight is 273 g/mol. The molecule has 0 fully saturated rings. The van der Waals surface area contributed by atoms with Crippen LogP contribution in [0, 0.1) is 0 Å². The van der Waals surface area contributed by atoms with E-state index in [-0.39, 0.29) is 0 Å². The van der Waals surface area contributed by atoms with Crippen LogP contribution in [0.5, 0.6) is 0 Å². The summed E-state index contributed by atoms with van der Waals surface area (Å²) in [5, 5.41) is 3.43. The van der Waals surface area contributed by atoms with Gasteiger partial charge in [-0.2, -0.15) is 0 Å². The standard InChI is InChI=1S/C16H19NOS/c1-18-12-14-5-3-4-13(10-14)11-17-15-6-8-16(19-2)9-7-15/h3-10,17H,11-12H2,1-2H3. The van der Waals surface area contributed by atoms with E-state index in [0.717, 1.165) is 12.2 Å². The Morgan fingerprint density at radius 1 is 1.05 bits per heavy atom. The van der Waals surface area contributed by atoms with Crippen molar-refractivity contribution in [2.24, 2.45) is 0 Å². The number of thioether (sulfide) groups is 1. The Kier molecular flexibility index (Phi) is 5.31. The van der Waals surface area contributed by atoms with E-state index in [1.165, 1.54) is 16.0 Å². The highest BCUT2D eigenvalue weighted by molar-refractivity contribution is 7.98. The summed E-state index contributed by atoms with van der Waals surface area (Å²) in [7, 11) is 1.72. The Hall–Kier alpha value is -1.45. The molecular formula is C16H19NOS. The third-order valence-electron chi connectivity index (χ3n) is 2.89. The van der Waals surface area contributed by atoms with Gasteiger partial charge in [-0.25, -0.2) is 0 Å². The van der Waals surface area contributed by atoms with Crippen LogP contribution < -0.4 is 5.32 Å². The van der Waals surface area contributed by atoms with Gasteiger partial charge in [0.1, 0.15) is 0 Å². The summed E-state index contributed by atoms with van der Waals surface area (Å²) >= 11 is 1.76. The molecule has 0 aliphatic heterocycles. The molecule has 1 N–H and O–H groups in total. The number of rotatable bonds is 6. The summed E-state index contributed by atoms with van der Waals surface area (Å²) < 4.78 is 5.15. The van der Waals surface area contributed by atoms with E-state index < -0.39 is 0 Å². The quantitative estimate of drug-likeness (QED) is 0.798. The second-order valence-corrected chi connectivity index (χ2v) is 5.21. The van der Waals surface area contributed by atoms with Crippen molar-refractivity contribution in [1.82, 2.24) is 0 Å². The van der Waals surface area contributed by atoms with Crippen LogP contribution in [-0.4, -0.2) is 13.4 Å². The molecule has 2 aromatic rings. The van der Waals surface area contributed by atoms with Crippen LogP contribution in [0.2, 0.25) is 0 Å². The monoisotopic (exact) mass is 273 g/mol. The average Bonchev–Trinajstić information content (AvgIpc) is 2.46. The van der Waals surface area contributed by atoms with Crippen molar-refractivity contribution in [2.45, 2.75) is 18.0 Å². The first kappa shape index (κ1) is 14.0. The van der Waals surface area contributed by atoms with Crippen LogP contribution in [0.15, 0.2) is 53.4 Å². The number of hydrogen-bond donors (Lipinski definition) is 1. The molecule has 0 amide bonds. The van der Waals surface area contributed by atoms with Crippen molar-refractivity contribution in [2.75, 3.05) is 18.7 Å². The van der Waals surface area contributed by atoms with Crippen molar-refractivity contribution in [3.05, 3.63) is 59.7 Å². The number of benzene rings is 2. The van der Waals surface area contributed by atoms with E-state index >= 15 is 0 Å². The second-order valence-electron chi connectivity index (χ2n) is 4.34. The molecule has 0 atom stereocenters. The smallest absolute Gasteiger partial charge is 0.0713 e. The van der Waals surface area contributed by atoms with E-state index in [4.69, 9.17) is 4.74 Å². The minimum Gasteiger partial charge on any atom is -0.381 e. The van der Waals surface area contributed by atoms with Gasteiger partial charge in [0.15, 0.2) is 0 Å². The molecule has 0 spiro atoms. The molecule has 2 nitrogen and oxygen atoms in total. The van der Waals surface area contributed by atoms with Crippen molar-refractivity contribution >= 4 is 17.4 Å². The predicted octanol–water partition coefficient (Wildman–Crippen LogP) is 4.17. The highest BCUT2D eigenvalue weighted by Gasteiger charge is 1.97. The Labute approximate surface area is 119 Å². The van der Waals surface area contributed by atoms with Gasteiger partial charge in [-0.1, -0.05) is 24.3 Å². The molecule has 0 saturated carbocycles. The fourth-order valence-corrected chi connectivity index (χ4v) is 2.32. The molecule has 0 saturated heterocycles. The van der Waals surface area contributed by atoms with E-state index in [2.05, 4.69) is 60.1 Å². The van der Waals surface area contributed by atoms with Crippen LogP contribution in [0.4, 0.5) is 5.69 Å². The molecule has 0 aliphatic carbocycles. The van der Waals surface area contributed by atoms with E-state index in [9.17, 15) is 0 Å². The number of methoxy groups -OCH3 is 1. The van der Waals surface area contributed by atoms with Gasteiger partial charge in [-0.05, 0) is 41.6 Å². The molecule has 0 aromatic heterocycles. The topological polar surface area (TPSA) is 21.3 Å². The third kappa shape index (κ3) is 4.30. The molecular weight excluding hydrogens is 254 g/mol. The van der Waals surface area contributed by atoms with Gasteiger partial charge >= 0.3 is 0 Å². The Morgan fingerprint density at radius 2 is 1.79 bits per heavy atom. The van der Waals surface area contributed by atoms with Crippen LogP contribution in [0.3, 0.4) is 0 Å². The molecule has 2 rings (SSSR count). The van der Waals surface area contributed by atoms with Gasteiger partial charge in [0, 0.05) is 24.2 Å². The Morgan fingerprint density at radius 3 is 2.47 bits per heavy atom. The van der Waals surface area contributed by atoms with Crippen molar-refractivity contribution in [3.8, 4) is 0 Å². The summed E-state index contributed by atoms with van der Waals surface area (Å²) in [5.41, 5.74) is 3.62. The van der Waals surface area contributed by atoms with Crippen molar-refractivity contribution in [1.29, 1.82) is 0 Å². The lowest BCUT2D eigenvalue weighted by molar-refractivity contribution is 0.185. The molecule has 100 valence electrons. The molecule has 0 aliphatic rings. The minimum atomic E-state index is 0.663. The lowest BCUT2D eigenvalue weighted by Gasteiger charge is -2.08. The molecule has 0 unspecified atom stereocenters. The summed E-state index contributed by atoms with van der Waals surface area (Å²) in [4.78, 5) is 1.28. The van der Waals surface area contributed by atoms with E-state index in [1.54, 1.807) is 18.9 Å². The third-order valence-corrected chi connectivity index (χ3v) is 3.63. The number of anilines is 1. The van der Waals surface area contributed by atoms with Gasteiger partial charge < -0.3 is 10.1 Å². The minimum absolute atomic E-state index is 0.663. The van der Waals surface area contributed by atoms with Crippen molar-refractivity contribution in [3.63, 3.8) is 0 Å². The zero-order valence-corrected chi connectivity index (χ0v) is 12.2. The lowest BCUT2D eigenvalue weighted by Crippen LogP contribution is -2.00. The first-order chi connectivity index (χ1) is 9.31. The molecule has 3 heteroatoms. The van der Waals surface area contributed by atoms with E-state index in [1.807, 2.05) is 0 Å². The van der Waals surface area contributed by atoms with Gasteiger partial charge in [-0.3, -0.25) is 0 Å². The maximum absolute atomic E-state index is 5.15. The van der Waals surface area contributed by atoms with E-state index in [0.29, 0.717) is 6.61 Å². The van der Waals surface area contributed by atoms with Gasteiger partial charge in [0.25, 0.3) is 0 Å². The summed E-state index contributed by atoms with van der Waals surface area (Å²) in [5.74, 6) is 0. The zero-order valence-electron chi connectivity index (χ0n) is 11.3. The first-order valence-corrected chi connectivity index (χ1v) is 7.49. The van der Waals surface area contributed by atoms with Gasteiger partial charge in [-0.15, -0.1) is 11.8 Å². The zero-order chi connectivity index (χ0) is 13.5. The lowest BCUT2D eigenvalue weighted by atomic mass is 10.1. The maximum atomic E-state index is 5.15. The molecule has 19 heavy (non-hydrogen) atoms. The van der Waals surface area contributed by atoms with Crippen LogP contribution in [0.1, 0.15) is 11.1 Å².